The van der Waals surface area contributed by atoms with Gasteiger partial charge >= 0.3 is 6.18 Å². The highest BCUT2D eigenvalue weighted by molar-refractivity contribution is 4.82. The first kappa shape index (κ1) is 13.5. The minimum Gasteiger partial charge on any atom is -0.362 e. The number of rotatable bonds is 4. The normalized spacial score (nSPS) is 21.4. The Morgan fingerprint density at radius 2 is 1.43 bits per heavy atom. The molecule has 0 bridgehead atoms. The fourth-order valence-electron chi connectivity index (χ4n) is 0.727. The summed E-state index contributed by atoms with van der Waals surface area (Å²) in [6.07, 6.45) is -15.6. The summed E-state index contributed by atoms with van der Waals surface area (Å²) in [6.45, 7) is -2.21. The monoisotopic (exact) mass is 228 g/mol. The van der Waals surface area contributed by atoms with E-state index in [1.54, 1.807) is 0 Å². The third-order valence-electron chi connectivity index (χ3n) is 1.54. The quantitative estimate of drug-likeness (QED) is 0.730. The summed E-state index contributed by atoms with van der Waals surface area (Å²) in [5.41, 5.74) is 0. The maximum atomic E-state index is 12.5. The van der Waals surface area contributed by atoms with Crippen LogP contribution in [0.4, 0.5) is 30.7 Å². The smallest absolute Gasteiger partial charge is 0.362 e. The standard InChI is InChI=1S/C6H7F7O/c7-1-2(6(11,12)13)3(8)4(9)5(10)14/h2-5,14H,1H2. The predicted octanol–water partition coefficient (Wildman–Crippen LogP) is 2.10. The molecular formula is C6H7F7O. The van der Waals surface area contributed by atoms with Crippen LogP contribution >= 0.6 is 0 Å². The highest BCUT2D eigenvalue weighted by Crippen LogP contribution is 2.33. The molecule has 0 rings (SSSR count). The average Bonchev–Trinajstić information content (AvgIpc) is 2.01. The predicted molar refractivity (Wildman–Crippen MR) is 32.4 cm³/mol. The fraction of sp³-hybridized carbons (Fsp3) is 1.00. The van der Waals surface area contributed by atoms with Gasteiger partial charge in [0.05, 0.1) is 0 Å². The molecule has 0 saturated heterocycles. The van der Waals surface area contributed by atoms with Crippen LogP contribution in [-0.4, -0.2) is 36.7 Å². The van der Waals surface area contributed by atoms with Crippen molar-refractivity contribution in [1.29, 1.82) is 0 Å². The Morgan fingerprint density at radius 1 is 1.00 bits per heavy atom. The Bertz CT molecular complexity index is 168. The first-order valence-corrected chi connectivity index (χ1v) is 3.44. The summed E-state index contributed by atoms with van der Waals surface area (Å²) in [7, 11) is 0. The van der Waals surface area contributed by atoms with Gasteiger partial charge < -0.3 is 5.11 Å². The van der Waals surface area contributed by atoms with E-state index in [0.29, 0.717) is 0 Å². The minimum atomic E-state index is -5.31. The van der Waals surface area contributed by atoms with Crippen LogP contribution in [0.15, 0.2) is 0 Å². The molecule has 0 radical (unpaired) electrons. The van der Waals surface area contributed by atoms with Gasteiger partial charge in [0.25, 0.3) is 0 Å². The van der Waals surface area contributed by atoms with Gasteiger partial charge in [0.1, 0.15) is 12.6 Å². The van der Waals surface area contributed by atoms with Crippen molar-refractivity contribution in [1.82, 2.24) is 0 Å². The third-order valence-corrected chi connectivity index (χ3v) is 1.54. The Kier molecular flexibility index (Phi) is 4.63. The van der Waals surface area contributed by atoms with Crippen LogP contribution in [-0.2, 0) is 0 Å². The summed E-state index contributed by atoms with van der Waals surface area (Å²) in [5.74, 6) is -3.26. The van der Waals surface area contributed by atoms with Crippen molar-refractivity contribution in [2.24, 2.45) is 5.92 Å². The van der Waals surface area contributed by atoms with Crippen LogP contribution in [0.5, 0.6) is 0 Å². The van der Waals surface area contributed by atoms with E-state index in [2.05, 4.69) is 0 Å². The van der Waals surface area contributed by atoms with Gasteiger partial charge in [-0.05, 0) is 0 Å². The summed E-state index contributed by atoms with van der Waals surface area (Å²) >= 11 is 0. The van der Waals surface area contributed by atoms with Crippen molar-refractivity contribution in [2.45, 2.75) is 24.9 Å². The van der Waals surface area contributed by atoms with Crippen LogP contribution in [0.25, 0.3) is 0 Å². The molecule has 0 aliphatic carbocycles. The first-order valence-electron chi connectivity index (χ1n) is 3.44. The van der Waals surface area contributed by atoms with E-state index in [0.717, 1.165) is 0 Å². The summed E-state index contributed by atoms with van der Waals surface area (Å²) in [6, 6.07) is 0. The molecular weight excluding hydrogens is 221 g/mol. The number of aliphatic hydroxyl groups is 1. The van der Waals surface area contributed by atoms with E-state index in [9.17, 15) is 30.7 Å². The molecule has 0 aliphatic heterocycles. The van der Waals surface area contributed by atoms with Gasteiger partial charge in [-0.2, -0.15) is 13.2 Å². The van der Waals surface area contributed by atoms with Crippen LogP contribution in [0.1, 0.15) is 0 Å². The van der Waals surface area contributed by atoms with Crippen molar-refractivity contribution >= 4 is 0 Å². The van der Waals surface area contributed by atoms with Crippen LogP contribution in [0.2, 0.25) is 0 Å². The van der Waals surface area contributed by atoms with Crippen LogP contribution in [0, 0.1) is 5.92 Å². The molecule has 0 fully saturated rings. The lowest BCUT2D eigenvalue weighted by molar-refractivity contribution is -0.209. The first-order chi connectivity index (χ1) is 6.21. The third kappa shape index (κ3) is 3.32. The summed E-state index contributed by atoms with van der Waals surface area (Å²) in [5, 5.41) is 7.83. The zero-order chi connectivity index (χ0) is 11.5. The van der Waals surface area contributed by atoms with Crippen molar-refractivity contribution in [3.63, 3.8) is 0 Å². The van der Waals surface area contributed by atoms with Crippen molar-refractivity contribution in [3.8, 4) is 0 Å². The second kappa shape index (κ2) is 4.81. The Morgan fingerprint density at radius 3 is 1.64 bits per heavy atom. The van der Waals surface area contributed by atoms with Crippen molar-refractivity contribution < 1.29 is 35.8 Å². The molecule has 4 unspecified atom stereocenters. The maximum absolute atomic E-state index is 12.5. The lowest BCUT2D eigenvalue weighted by Crippen LogP contribution is -2.42. The van der Waals surface area contributed by atoms with E-state index in [1.807, 2.05) is 0 Å². The Hall–Kier alpha value is -0.530. The second-order valence-corrected chi connectivity index (χ2v) is 2.56. The lowest BCUT2D eigenvalue weighted by Gasteiger charge is -2.23. The maximum Gasteiger partial charge on any atom is 0.397 e. The van der Waals surface area contributed by atoms with Gasteiger partial charge in [-0.15, -0.1) is 0 Å². The Balaban J connectivity index is 4.54. The highest BCUT2D eigenvalue weighted by atomic mass is 19.4. The number of halogens is 7. The fourth-order valence-corrected chi connectivity index (χ4v) is 0.727. The minimum absolute atomic E-state index is 2.21. The average molecular weight is 228 g/mol. The molecule has 8 heteroatoms. The van der Waals surface area contributed by atoms with E-state index in [-0.39, 0.29) is 0 Å². The molecule has 1 N–H and O–H groups in total. The second-order valence-electron chi connectivity index (χ2n) is 2.56. The lowest BCUT2D eigenvalue weighted by atomic mass is 10.0. The largest absolute Gasteiger partial charge is 0.397 e. The zero-order valence-corrected chi connectivity index (χ0v) is 6.61. The molecule has 0 aromatic carbocycles. The van der Waals surface area contributed by atoms with E-state index >= 15 is 0 Å². The van der Waals surface area contributed by atoms with Crippen molar-refractivity contribution in [3.05, 3.63) is 0 Å². The van der Waals surface area contributed by atoms with E-state index in [4.69, 9.17) is 5.11 Å². The summed E-state index contributed by atoms with van der Waals surface area (Å²) in [4.78, 5) is 0. The van der Waals surface area contributed by atoms with Gasteiger partial charge in [0, 0.05) is 0 Å². The molecule has 0 amide bonds. The van der Waals surface area contributed by atoms with Crippen LogP contribution < -0.4 is 0 Å². The SMILES string of the molecule is OC(F)C(F)C(F)C(CF)C(F)(F)F. The highest BCUT2D eigenvalue weighted by Gasteiger charge is 2.50. The van der Waals surface area contributed by atoms with E-state index in [1.165, 1.54) is 0 Å². The molecule has 1 nitrogen and oxygen atoms in total. The summed E-state index contributed by atoms with van der Waals surface area (Å²) < 4.78 is 83.3. The molecule has 0 aliphatic rings. The molecule has 0 aromatic rings. The molecule has 0 aromatic heterocycles. The number of alkyl halides is 7. The topological polar surface area (TPSA) is 20.2 Å². The van der Waals surface area contributed by atoms with Gasteiger partial charge in [-0.3, -0.25) is 4.39 Å². The van der Waals surface area contributed by atoms with Gasteiger partial charge in [-0.1, -0.05) is 0 Å². The molecule has 0 spiro atoms. The van der Waals surface area contributed by atoms with Crippen molar-refractivity contribution in [2.75, 3.05) is 6.67 Å². The zero-order valence-electron chi connectivity index (χ0n) is 6.61. The number of hydrogen-bond donors (Lipinski definition) is 1. The van der Waals surface area contributed by atoms with Gasteiger partial charge in [-0.25, -0.2) is 13.2 Å². The molecule has 0 saturated carbocycles. The van der Waals surface area contributed by atoms with E-state index < -0.39 is 37.5 Å². The Labute approximate surface area is 74.5 Å². The number of hydrogen-bond acceptors (Lipinski definition) is 1. The van der Waals surface area contributed by atoms with Gasteiger partial charge in [0.2, 0.25) is 6.36 Å². The molecule has 4 atom stereocenters. The molecule has 86 valence electrons. The molecule has 0 heterocycles. The number of aliphatic hydroxyl groups excluding tert-OH is 1. The van der Waals surface area contributed by atoms with Gasteiger partial charge in [0.15, 0.2) is 12.3 Å². The molecule has 14 heavy (non-hydrogen) atoms. The van der Waals surface area contributed by atoms with Crippen LogP contribution in [0.3, 0.4) is 0 Å².